The van der Waals surface area contributed by atoms with E-state index >= 15 is 0 Å². The van der Waals surface area contributed by atoms with Crippen LogP contribution in [-0.4, -0.2) is 70.1 Å². The van der Waals surface area contributed by atoms with Crippen molar-refractivity contribution in [1.82, 2.24) is 19.7 Å². The van der Waals surface area contributed by atoms with E-state index in [1.165, 1.54) is 22.5 Å². The smallest absolute Gasteiger partial charge is 0.273 e. The number of rotatable bonds is 6. The standard InChI is InChI=1S/C31H34N4O4S/c1-20-4-3-5-24(16-20)29-26-17-25(9-8-22(26)10-11-35(29)30(37)23-6-7-23)39-18-28-32-27(19-40-28)31(38)34-14-12-33(13-15-34)21(2)36/h3-5,8-9,16-17,19,23,29H,6-7,10-15,18H2,1-2H3. The predicted molar refractivity (Wildman–Crippen MR) is 152 cm³/mol. The molecule has 1 aliphatic carbocycles. The summed E-state index contributed by atoms with van der Waals surface area (Å²) in [6.07, 6.45) is 2.80. The summed E-state index contributed by atoms with van der Waals surface area (Å²) in [5, 5.41) is 2.50. The van der Waals surface area contributed by atoms with Gasteiger partial charge in [-0.15, -0.1) is 11.3 Å². The summed E-state index contributed by atoms with van der Waals surface area (Å²) in [5.41, 5.74) is 5.07. The first-order valence-electron chi connectivity index (χ1n) is 14.0. The van der Waals surface area contributed by atoms with Crippen molar-refractivity contribution < 1.29 is 19.1 Å². The van der Waals surface area contributed by atoms with Crippen LogP contribution in [0.4, 0.5) is 0 Å². The fraction of sp³-hybridized carbons (Fsp3) is 0.419. The van der Waals surface area contributed by atoms with E-state index < -0.39 is 0 Å². The second kappa shape index (κ2) is 11.0. The Hall–Kier alpha value is -3.72. The molecule has 9 heteroatoms. The number of hydrogen-bond acceptors (Lipinski definition) is 6. The number of benzene rings is 2. The minimum atomic E-state index is -0.132. The van der Waals surface area contributed by atoms with Crippen molar-refractivity contribution in [3.05, 3.63) is 80.8 Å². The van der Waals surface area contributed by atoms with Gasteiger partial charge in [0.05, 0.1) is 6.04 Å². The van der Waals surface area contributed by atoms with Crippen molar-refractivity contribution in [2.75, 3.05) is 32.7 Å². The van der Waals surface area contributed by atoms with Gasteiger partial charge in [-0.2, -0.15) is 0 Å². The summed E-state index contributed by atoms with van der Waals surface area (Å²) in [6.45, 7) is 6.74. The van der Waals surface area contributed by atoms with Crippen molar-refractivity contribution in [2.24, 2.45) is 5.92 Å². The van der Waals surface area contributed by atoms with Gasteiger partial charge in [0.2, 0.25) is 11.8 Å². The molecule has 1 unspecified atom stereocenters. The van der Waals surface area contributed by atoms with Gasteiger partial charge in [0.1, 0.15) is 23.1 Å². The third-order valence-electron chi connectivity index (χ3n) is 8.06. The molecule has 1 saturated carbocycles. The van der Waals surface area contributed by atoms with Gasteiger partial charge in [0.25, 0.3) is 5.91 Å². The predicted octanol–water partition coefficient (Wildman–Crippen LogP) is 4.22. The third-order valence-corrected chi connectivity index (χ3v) is 8.88. The molecule has 0 spiro atoms. The van der Waals surface area contributed by atoms with E-state index in [9.17, 15) is 14.4 Å². The molecule has 0 N–H and O–H groups in total. The van der Waals surface area contributed by atoms with Crippen LogP contribution in [0, 0.1) is 12.8 Å². The van der Waals surface area contributed by atoms with Crippen molar-refractivity contribution in [2.45, 2.75) is 45.8 Å². The molecular weight excluding hydrogens is 524 g/mol. The lowest BCUT2D eigenvalue weighted by Gasteiger charge is -2.38. The molecule has 6 rings (SSSR count). The normalized spacial score (nSPS) is 18.9. The van der Waals surface area contributed by atoms with Gasteiger partial charge in [0.15, 0.2) is 0 Å². The molecule has 208 valence electrons. The Morgan fingerprint density at radius 1 is 1.00 bits per heavy atom. The summed E-state index contributed by atoms with van der Waals surface area (Å²) < 4.78 is 6.18. The first-order valence-corrected chi connectivity index (χ1v) is 14.9. The lowest BCUT2D eigenvalue weighted by atomic mass is 9.87. The number of hydrogen-bond donors (Lipinski definition) is 0. The maximum Gasteiger partial charge on any atom is 0.273 e. The number of ether oxygens (including phenoxy) is 1. The molecule has 1 saturated heterocycles. The van der Waals surface area contributed by atoms with Gasteiger partial charge in [-0.05, 0) is 55.0 Å². The Kier molecular flexibility index (Phi) is 7.31. The van der Waals surface area contributed by atoms with E-state index in [2.05, 4.69) is 53.2 Å². The molecule has 1 aromatic heterocycles. The van der Waals surface area contributed by atoms with Gasteiger partial charge in [-0.1, -0.05) is 35.9 Å². The maximum absolute atomic E-state index is 13.3. The zero-order chi connectivity index (χ0) is 27.8. The molecule has 3 amide bonds. The number of carbonyl (C=O) groups is 3. The average molecular weight is 559 g/mol. The van der Waals surface area contributed by atoms with Crippen LogP contribution in [0.2, 0.25) is 0 Å². The van der Waals surface area contributed by atoms with Crippen LogP contribution in [0.5, 0.6) is 5.75 Å². The monoisotopic (exact) mass is 558 g/mol. The topological polar surface area (TPSA) is 83.1 Å². The highest BCUT2D eigenvalue weighted by Gasteiger charge is 2.39. The summed E-state index contributed by atoms with van der Waals surface area (Å²) in [4.78, 5) is 47.9. The van der Waals surface area contributed by atoms with Crippen molar-refractivity contribution >= 4 is 29.1 Å². The molecular formula is C31H34N4O4S. The van der Waals surface area contributed by atoms with E-state index in [1.807, 2.05) is 6.07 Å². The summed E-state index contributed by atoms with van der Waals surface area (Å²) >= 11 is 1.41. The molecule has 8 nitrogen and oxygen atoms in total. The number of carbonyl (C=O) groups excluding carboxylic acids is 3. The fourth-order valence-electron chi connectivity index (χ4n) is 5.69. The third kappa shape index (κ3) is 5.47. The Labute approximate surface area is 238 Å². The maximum atomic E-state index is 13.3. The summed E-state index contributed by atoms with van der Waals surface area (Å²) in [6, 6.07) is 14.5. The van der Waals surface area contributed by atoms with E-state index in [0.29, 0.717) is 31.9 Å². The average Bonchev–Trinajstić information content (AvgIpc) is 3.72. The molecule has 3 aliphatic rings. The fourth-order valence-corrected chi connectivity index (χ4v) is 6.37. The largest absolute Gasteiger partial charge is 0.486 e. The summed E-state index contributed by atoms with van der Waals surface area (Å²) in [5.74, 6) is 1.07. The highest BCUT2D eigenvalue weighted by atomic mass is 32.1. The van der Waals surface area contributed by atoms with Crippen LogP contribution in [-0.2, 0) is 22.6 Å². The lowest BCUT2D eigenvalue weighted by Crippen LogP contribution is -2.50. The Morgan fingerprint density at radius 2 is 1.77 bits per heavy atom. The first-order chi connectivity index (χ1) is 19.4. The number of amides is 3. The Balaban J connectivity index is 1.17. The molecule has 0 radical (unpaired) electrons. The molecule has 3 heterocycles. The van der Waals surface area contributed by atoms with Crippen LogP contribution in [0.3, 0.4) is 0 Å². The first kappa shape index (κ1) is 26.5. The van der Waals surface area contributed by atoms with Gasteiger partial charge < -0.3 is 19.4 Å². The molecule has 40 heavy (non-hydrogen) atoms. The molecule has 0 bridgehead atoms. The van der Waals surface area contributed by atoms with E-state index in [1.54, 1.807) is 22.1 Å². The Bertz CT molecular complexity index is 1440. The molecule has 3 aromatic rings. The van der Waals surface area contributed by atoms with Crippen LogP contribution in [0.1, 0.15) is 63.6 Å². The van der Waals surface area contributed by atoms with E-state index in [4.69, 9.17) is 4.74 Å². The Morgan fingerprint density at radius 3 is 2.50 bits per heavy atom. The quantitative estimate of drug-likeness (QED) is 0.453. The molecule has 1 atom stereocenters. The van der Waals surface area contributed by atoms with Gasteiger partial charge in [-0.25, -0.2) is 4.98 Å². The number of aromatic nitrogens is 1. The zero-order valence-corrected chi connectivity index (χ0v) is 23.8. The van der Waals surface area contributed by atoms with Crippen LogP contribution in [0.15, 0.2) is 47.8 Å². The van der Waals surface area contributed by atoms with Gasteiger partial charge in [-0.3, -0.25) is 14.4 Å². The van der Waals surface area contributed by atoms with Crippen molar-refractivity contribution in [3.63, 3.8) is 0 Å². The SMILES string of the molecule is CC(=O)N1CCN(C(=O)c2csc(COc3ccc4c(c3)C(c3cccc(C)c3)N(C(=O)C3CC3)CC4)n2)CC1. The van der Waals surface area contributed by atoms with Crippen LogP contribution in [0.25, 0.3) is 0 Å². The number of piperazine rings is 1. The highest BCUT2D eigenvalue weighted by molar-refractivity contribution is 7.09. The van der Waals surface area contributed by atoms with Crippen LogP contribution < -0.4 is 4.74 Å². The second-order valence-corrected chi connectivity index (χ2v) is 11.9. The number of nitrogens with zero attached hydrogens (tertiary/aromatic N) is 4. The molecule has 2 aliphatic heterocycles. The van der Waals surface area contributed by atoms with Gasteiger partial charge >= 0.3 is 0 Å². The molecule has 2 fully saturated rings. The lowest BCUT2D eigenvalue weighted by molar-refractivity contribution is -0.134. The van der Waals surface area contributed by atoms with Crippen molar-refractivity contribution in [1.29, 1.82) is 0 Å². The number of aryl methyl sites for hydroxylation is 1. The van der Waals surface area contributed by atoms with Crippen molar-refractivity contribution in [3.8, 4) is 5.75 Å². The zero-order valence-electron chi connectivity index (χ0n) is 23.0. The minimum Gasteiger partial charge on any atom is -0.486 e. The van der Waals surface area contributed by atoms with E-state index in [-0.39, 0.29) is 36.3 Å². The number of thiazole rings is 1. The molecule has 2 aromatic carbocycles. The number of fused-ring (bicyclic) bond motifs is 1. The van der Waals surface area contributed by atoms with E-state index in [0.717, 1.165) is 47.7 Å². The highest BCUT2D eigenvalue weighted by Crippen LogP contribution is 2.41. The minimum absolute atomic E-state index is 0.0368. The van der Waals surface area contributed by atoms with Gasteiger partial charge in [0, 0.05) is 50.9 Å². The second-order valence-electron chi connectivity index (χ2n) is 10.9. The van der Waals surface area contributed by atoms with Crippen LogP contribution >= 0.6 is 11.3 Å². The summed E-state index contributed by atoms with van der Waals surface area (Å²) in [7, 11) is 0.